The van der Waals surface area contributed by atoms with Crippen molar-refractivity contribution in [3.05, 3.63) is 69.0 Å². The second-order valence-corrected chi connectivity index (χ2v) is 6.41. The molecule has 0 saturated carbocycles. The summed E-state index contributed by atoms with van der Waals surface area (Å²) in [7, 11) is 0. The normalized spacial score (nSPS) is 17.5. The third-order valence-corrected chi connectivity index (χ3v) is 4.33. The van der Waals surface area contributed by atoms with Crippen molar-refractivity contribution in [1.29, 1.82) is 0 Å². The number of halogens is 2. The zero-order valence-electron chi connectivity index (χ0n) is 12.0. The van der Waals surface area contributed by atoms with E-state index in [-0.39, 0.29) is 17.8 Å². The number of carbonyl (C=O) groups excluding carboxylic acids is 1. The van der Waals surface area contributed by atoms with Gasteiger partial charge < -0.3 is 0 Å². The van der Waals surface area contributed by atoms with Crippen LogP contribution in [-0.2, 0) is 4.79 Å². The Balaban J connectivity index is 2.00. The molecule has 1 atom stereocenters. The highest BCUT2D eigenvalue weighted by atomic mass is 127. The first-order chi connectivity index (χ1) is 10.6. The largest absolute Gasteiger partial charge is 0.273 e. The Morgan fingerprint density at radius 3 is 2.68 bits per heavy atom. The molecule has 22 heavy (non-hydrogen) atoms. The Morgan fingerprint density at radius 2 is 2.00 bits per heavy atom. The highest BCUT2D eigenvalue weighted by molar-refractivity contribution is 14.1. The first-order valence-electron chi connectivity index (χ1n) is 6.94. The third-order valence-electron chi connectivity index (χ3n) is 3.66. The lowest BCUT2D eigenvalue weighted by atomic mass is 9.98. The van der Waals surface area contributed by atoms with Gasteiger partial charge in [-0.05, 0) is 46.4 Å². The summed E-state index contributed by atoms with van der Waals surface area (Å²) >= 11 is 2.14. The molecule has 0 fully saturated rings. The molecule has 3 nitrogen and oxygen atoms in total. The maximum atomic E-state index is 14.1. The SMILES string of the molecule is CC(=O)N1N=C(c2cc(I)ccc2F)C[C@H]1c1ccccc1. The summed E-state index contributed by atoms with van der Waals surface area (Å²) in [5.41, 5.74) is 2.08. The molecular weight excluding hydrogens is 394 g/mol. The Kier molecular flexibility index (Phi) is 4.24. The van der Waals surface area contributed by atoms with Crippen molar-refractivity contribution in [2.75, 3.05) is 0 Å². The fraction of sp³-hybridized carbons (Fsp3) is 0.176. The zero-order chi connectivity index (χ0) is 15.7. The molecule has 1 amide bonds. The maximum absolute atomic E-state index is 14.1. The molecule has 1 aliphatic heterocycles. The smallest absolute Gasteiger partial charge is 0.240 e. The predicted octanol–water partition coefficient (Wildman–Crippen LogP) is 4.13. The van der Waals surface area contributed by atoms with E-state index in [4.69, 9.17) is 0 Å². The van der Waals surface area contributed by atoms with Gasteiger partial charge in [0.1, 0.15) is 5.82 Å². The van der Waals surface area contributed by atoms with E-state index >= 15 is 0 Å². The van der Waals surface area contributed by atoms with E-state index in [9.17, 15) is 9.18 Å². The first kappa shape index (κ1) is 15.1. The molecule has 0 radical (unpaired) electrons. The van der Waals surface area contributed by atoms with E-state index in [0.717, 1.165) is 9.13 Å². The fourth-order valence-electron chi connectivity index (χ4n) is 2.62. The number of hydrazone groups is 1. The number of benzene rings is 2. The van der Waals surface area contributed by atoms with Crippen LogP contribution in [0.4, 0.5) is 4.39 Å². The summed E-state index contributed by atoms with van der Waals surface area (Å²) in [6.45, 7) is 1.48. The first-order valence-corrected chi connectivity index (χ1v) is 8.02. The van der Waals surface area contributed by atoms with Crippen molar-refractivity contribution in [2.45, 2.75) is 19.4 Å². The molecule has 3 rings (SSSR count). The van der Waals surface area contributed by atoms with E-state index in [1.807, 2.05) is 30.3 Å². The third kappa shape index (κ3) is 2.90. The molecule has 2 aromatic carbocycles. The van der Waals surface area contributed by atoms with Gasteiger partial charge in [0.25, 0.3) is 0 Å². The van der Waals surface area contributed by atoms with Gasteiger partial charge in [0.2, 0.25) is 5.91 Å². The second-order valence-electron chi connectivity index (χ2n) is 5.17. The van der Waals surface area contributed by atoms with Crippen LogP contribution in [0, 0.1) is 9.39 Å². The van der Waals surface area contributed by atoms with Gasteiger partial charge in [0.15, 0.2) is 0 Å². The Hall–Kier alpha value is -1.76. The summed E-state index contributed by atoms with van der Waals surface area (Å²) in [5.74, 6) is -0.453. The van der Waals surface area contributed by atoms with Crippen LogP contribution in [0.3, 0.4) is 0 Å². The highest BCUT2D eigenvalue weighted by Gasteiger charge is 2.32. The summed E-state index contributed by atoms with van der Waals surface area (Å²) in [4.78, 5) is 11.9. The van der Waals surface area contributed by atoms with Crippen LogP contribution < -0.4 is 0 Å². The van der Waals surface area contributed by atoms with Gasteiger partial charge in [-0.2, -0.15) is 5.10 Å². The van der Waals surface area contributed by atoms with Gasteiger partial charge in [0.05, 0.1) is 11.8 Å². The van der Waals surface area contributed by atoms with Gasteiger partial charge in [-0.25, -0.2) is 9.40 Å². The number of rotatable bonds is 2. The molecule has 112 valence electrons. The van der Waals surface area contributed by atoms with Crippen molar-refractivity contribution in [3.63, 3.8) is 0 Å². The number of hydrogen-bond acceptors (Lipinski definition) is 2. The van der Waals surface area contributed by atoms with Crippen molar-refractivity contribution in [1.82, 2.24) is 5.01 Å². The van der Waals surface area contributed by atoms with Crippen molar-refractivity contribution in [3.8, 4) is 0 Å². The summed E-state index contributed by atoms with van der Waals surface area (Å²) in [6, 6.07) is 14.5. The minimum absolute atomic E-state index is 0.144. The fourth-order valence-corrected chi connectivity index (χ4v) is 3.11. The topological polar surface area (TPSA) is 32.7 Å². The second kappa shape index (κ2) is 6.16. The van der Waals surface area contributed by atoms with Gasteiger partial charge >= 0.3 is 0 Å². The number of amides is 1. The van der Waals surface area contributed by atoms with E-state index in [0.29, 0.717) is 17.7 Å². The minimum Gasteiger partial charge on any atom is -0.273 e. The van der Waals surface area contributed by atoms with Gasteiger partial charge in [0, 0.05) is 22.5 Å². The molecule has 1 heterocycles. The van der Waals surface area contributed by atoms with Crippen molar-refractivity contribution < 1.29 is 9.18 Å². The highest BCUT2D eigenvalue weighted by Crippen LogP contribution is 2.33. The van der Waals surface area contributed by atoms with Crippen LogP contribution in [0.5, 0.6) is 0 Å². The van der Waals surface area contributed by atoms with Crippen molar-refractivity contribution in [2.24, 2.45) is 5.10 Å². The standard InChI is InChI=1S/C17H14FIN2O/c1-11(22)21-17(12-5-3-2-4-6-12)10-16(20-21)14-9-13(19)7-8-15(14)18/h2-9,17H,10H2,1H3/t17-/m0/s1. The van der Waals surface area contributed by atoms with E-state index in [1.54, 1.807) is 12.1 Å². The van der Waals surface area contributed by atoms with Crippen LogP contribution in [0.25, 0.3) is 0 Å². The molecule has 0 aliphatic carbocycles. The summed E-state index contributed by atoms with van der Waals surface area (Å²) in [5, 5.41) is 5.82. The van der Waals surface area contributed by atoms with Crippen LogP contribution in [-0.4, -0.2) is 16.6 Å². The summed E-state index contributed by atoms with van der Waals surface area (Å²) in [6.07, 6.45) is 0.514. The molecular formula is C17H14FIN2O. The number of carbonyl (C=O) groups is 1. The average Bonchev–Trinajstić information content (AvgIpc) is 2.96. The number of nitrogens with zero attached hydrogens (tertiary/aromatic N) is 2. The average molecular weight is 408 g/mol. The van der Waals surface area contributed by atoms with Crippen molar-refractivity contribution >= 4 is 34.2 Å². The van der Waals surface area contributed by atoms with E-state index < -0.39 is 0 Å². The monoisotopic (exact) mass is 408 g/mol. The molecule has 0 spiro atoms. The molecule has 0 aromatic heterocycles. The lowest BCUT2D eigenvalue weighted by molar-refractivity contribution is -0.130. The lowest BCUT2D eigenvalue weighted by Crippen LogP contribution is -2.24. The van der Waals surface area contributed by atoms with Gasteiger partial charge in [-0.15, -0.1) is 0 Å². The zero-order valence-corrected chi connectivity index (χ0v) is 14.1. The van der Waals surface area contributed by atoms with Crippen LogP contribution in [0.2, 0.25) is 0 Å². The van der Waals surface area contributed by atoms with Gasteiger partial charge in [-0.1, -0.05) is 30.3 Å². The molecule has 5 heteroatoms. The molecule has 0 bridgehead atoms. The van der Waals surface area contributed by atoms with E-state index in [2.05, 4.69) is 27.7 Å². The molecule has 2 aromatic rings. The van der Waals surface area contributed by atoms with E-state index in [1.165, 1.54) is 18.0 Å². The molecule has 0 saturated heterocycles. The predicted molar refractivity (Wildman–Crippen MR) is 92.0 cm³/mol. The molecule has 1 aliphatic rings. The van der Waals surface area contributed by atoms with Gasteiger partial charge in [-0.3, -0.25) is 4.79 Å². The Labute approximate surface area is 142 Å². The molecule has 0 unspecified atom stereocenters. The van der Waals surface area contributed by atoms with Crippen LogP contribution in [0.15, 0.2) is 53.6 Å². The minimum atomic E-state index is -0.309. The quantitative estimate of drug-likeness (QED) is 0.688. The number of hydrogen-bond donors (Lipinski definition) is 0. The Morgan fingerprint density at radius 1 is 1.27 bits per heavy atom. The van der Waals surface area contributed by atoms with Crippen LogP contribution in [0.1, 0.15) is 30.5 Å². The Bertz CT molecular complexity index is 746. The lowest BCUT2D eigenvalue weighted by Gasteiger charge is -2.20. The summed E-state index contributed by atoms with van der Waals surface area (Å²) < 4.78 is 15.0. The maximum Gasteiger partial charge on any atom is 0.240 e. The van der Waals surface area contributed by atoms with Crippen LogP contribution >= 0.6 is 22.6 Å². The molecule has 0 N–H and O–H groups in total.